The molecule has 2 rings (SSSR count). The predicted molar refractivity (Wildman–Crippen MR) is 87.6 cm³/mol. The molecule has 6 heteroatoms. The van der Waals surface area contributed by atoms with Crippen LogP contribution >= 0.6 is 0 Å². The van der Waals surface area contributed by atoms with Crippen LogP contribution < -0.4 is 0 Å². The lowest BCUT2D eigenvalue weighted by Crippen LogP contribution is -2.31. The highest BCUT2D eigenvalue weighted by atomic mass is 32.2. The van der Waals surface area contributed by atoms with Crippen LogP contribution in [0.5, 0.6) is 0 Å². The SMILES string of the molecule is Cc1ccc(S(=O)(=O)OC[C@H](C)[C@@H](C)OC2CCCCO2)cc1. The van der Waals surface area contributed by atoms with Crippen molar-refractivity contribution in [2.75, 3.05) is 13.2 Å². The van der Waals surface area contributed by atoms with Crippen molar-refractivity contribution in [2.45, 2.75) is 57.3 Å². The van der Waals surface area contributed by atoms with Crippen LogP contribution in [0.2, 0.25) is 0 Å². The molecular weight excluding hydrogens is 316 g/mol. The van der Waals surface area contributed by atoms with Gasteiger partial charge in [-0.1, -0.05) is 24.6 Å². The highest BCUT2D eigenvalue weighted by Gasteiger charge is 2.23. The quantitative estimate of drug-likeness (QED) is 0.712. The first-order chi connectivity index (χ1) is 10.9. The smallest absolute Gasteiger partial charge is 0.296 e. The van der Waals surface area contributed by atoms with Gasteiger partial charge in [0.1, 0.15) is 0 Å². The zero-order valence-electron chi connectivity index (χ0n) is 14.0. The molecule has 0 amide bonds. The summed E-state index contributed by atoms with van der Waals surface area (Å²) in [6.45, 7) is 6.56. The molecule has 0 aliphatic carbocycles. The predicted octanol–water partition coefficient (Wildman–Crippen LogP) is 3.27. The van der Waals surface area contributed by atoms with Crippen molar-refractivity contribution >= 4 is 10.1 Å². The average Bonchev–Trinajstić information content (AvgIpc) is 2.54. The number of ether oxygens (including phenoxy) is 2. The number of hydrogen-bond donors (Lipinski definition) is 0. The molecule has 130 valence electrons. The lowest BCUT2D eigenvalue weighted by molar-refractivity contribution is -0.194. The van der Waals surface area contributed by atoms with E-state index in [9.17, 15) is 8.42 Å². The van der Waals surface area contributed by atoms with Crippen LogP contribution in [0.15, 0.2) is 29.2 Å². The van der Waals surface area contributed by atoms with Crippen LogP contribution in [0, 0.1) is 12.8 Å². The molecule has 1 aliphatic rings. The zero-order chi connectivity index (χ0) is 16.9. The minimum absolute atomic E-state index is 0.0549. The maximum Gasteiger partial charge on any atom is 0.296 e. The maximum absolute atomic E-state index is 12.2. The highest BCUT2D eigenvalue weighted by molar-refractivity contribution is 7.86. The summed E-state index contributed by atoms with van der Waals surface area (Å²) in [7, 11) is -3.73. The minimum Gasteiger partial charge on any atom is -0.353 e. The van der Waals surface area contributed by atoms with E-state index in [1.165, 1.54) is 0 Å². The van der Waals surface area contributed by atoms with E-state index in [0.717, 1.165) is 31.4 Å². The van der Waals surface area contributed by atoms with Gasteiger partial charge in [0.15, 0.2) is 6.29 Å². The van der Waals surface area contributed by atoms with Crippen LogP contribution in [0.3, 0.4) is 0 Å². The molecule has 1 aliphatic heterocycles. The van der Waals surface area contributed by atoms with Crippen LogP contribution in [0.4, 0.5) is 0 Å². The molecule has 0 saturated carbocycles. The summed E-state index contributed by atoms with van der Waals surface area (Å²) in [4.78, 5) is 0.180. The van der Waals surface area contributed by atoms with E-state index >= 15 is 0 Å². The molecule has 23 heavy (non-hydrogen) atoms. The second-order valence-electron chi connectivity index (χ2n) is 6.17. The van der Waals surface area contributed by atoms with Crippen molar-refractivity contribution in [2.24, 2.45) is 5.92 Å². The summed E-state index contributed by atoms with van der Waals surface area (Å²) >= 11 is 0. The van der Waals surface area contributed by atoms with Crippen LogP contribution in [-0.4, -0.2) is 34.0 Å². The Hall–Kier alpha value is -0.950. The fourth-order valence-electron chi connectivity index (χ4n) is 2.30. The first-order valence-corrected chi connectivity index (χ1v) is 9.52. The van der Waals surface area contributed by atoms with E-state index < -0.39 is 10.1 Å². The third-order valence-electron chi connectivity index (χ3n) is 4.10. The van der Waals surface area contributed by atoms with E-state index in [2.05, 4.69) is 0 Å². The Morgan fingerprint density at radius 3 is 2.52 bits per heavy atom. The Morgan fingerprint density at radius 1 is 1.22 bits per heavy atom. The highest BCUT2D eigenvalue weighted by Crippen LogP contribution is 2.20. The molecule has 1 aromatic carbocycles. The van der Waals surface area contributed by atoms with E-state index in [0.29, 0.717) is 0 Å². The summed E-state index contributed by atoms with van der Waals surface area (Å²) in [5, 5.41) is 0. The Kier molecular flexibility index (Phi) is 6.59. The van der Waals surface area contributed by atoms with Gasteiger partial charge < -0.3 is 9.47 Å². The van der Waals surface area contributed by atoms with E-state index in [4.69, 9.17) is 13.7 Å². The monoisotopic (exact) mass is 342 g/mol. The largest absolute Gasteiger partial charge is 0.353 e. The Labute approximate surface area is 139 Å². The van der Waals surface area contributed by atoms with Gasteiger partial charge in [0.2, 0.25) is 0 Å². The lowest BCUT2D eigenvalue weighted by Gasteiger charge is -2.28. The second kappa shape index (κ2) is 8.24. The van der Waals surface area contributed by atoms with Crippen molar-refractivity contribution in [3.63, 3.8) is 0 Å². The molecule has 1 heterocycles. The molecule has 3 atom stereocenters. The molecule has 0 spiro atoms. The first kappa shape index (κ1) is 18.4. The second-order valence-corrected chi connectivity index (χ2v) is 7.78. The summed E-state index contributed by atoms with van der Waals surface area (Å²) in [6.07, 6.45) is 2.74. The average molecular weight is 342 g/mol. The van der Waals surface area contributed by atoms with Crippen LogP contribution in [0.25, 0.3) is 0 Å². The Morgan fingerprint density at radius 2 is 1.91 bits per heavy atom. The fraction of sp³-hybridized carbons (Fsp3) is 0.647. The van der Waals surface area contributed by atoms with Gasteiger partial charge in [0.05, 0.1) is 17.6 Å². The molecule has 0 aromatic heterocycles. The van der Waals surface area contributed by atoms with E-state index in [1.54, 1.807) is 24.3 Å². The number of benzene rings is 1. The number of rotatable bonds is 7. The van der Waals surface area contributed by atoms with Crippen LogP contribution in [-0.2, 0) is 23.8 Å². The topological polar surface area (TPSA) is 61.8 Å². The lowest BCUT2D eigenvalue weighted by atomic mass is 10.1. The van der Waals surface area contributed by atoms with Crippen LogP contribution in [0.1, 0.15) is 38.7 Å². The van der Waals surface area contributed by atoms with Gasteiger partial charge in [-0.2, -0.15) is 8.42 Å². The van der Waals surface area contributed by atoms with Gasteiger partial charge in [-0.25, -0.2) is 0 Å². The van der Waals surface area contributed by atoms with E-state index in [-0.39, 0.29) is 29.8 Å². The zero-order valence-corrected chi connectivity index (χ0v) is 14.8. The normalized spacial score (nSPS) is 21.8. The van der Waals surface area contributed by atoms with Gasteiger partial charge in [0, 0.05) is 12.5 Å². The first-order valence-electron chi connectivity index (χ1n) is 8.11. The molecule has 0 N–H and O–H groups in total. The van der Waals surface area contributed by atoms with Crippen molar-refractivity contribution < 1.29 is 22.1 Å². The standard InChI is InChI=1S/C17H26O5S/c1-13-7-9-16(10-8-13)23(18,19)21-12-14(2)15(3)22-17-6-4-5-11-20-17/h7-10,14-15,17H,4-6,11-12H2,1-3H3/t14-,15+,17?/m0/s1. The maximum atomic E-state index is 12.2. The Balaban J connectivity index is 1.84. The number of aryl methyl sites for hydroxylation is 1. The molecular formula is C17H26O5S. The van der Waals surface area contributed by atoms with Gasteiger partial charge in [-0.3, -0.25) is 4.18 Å². The molecule has 1 saturated heterocycles. The molecule has 0 bridgehead atoms. The summed E-state index contributed by atoms with van der Waals surface area (Å²) in [5.41, 5.74) is 1.01. The molecule has 1 aromatic rings. The molecule has 0 radical (unpaired) electrons. The third-order valence-corrected chi connectivity index (χ3v) is 5.40. The third kappa shape index (κ3) is 5.57. The van der Waals surface area contributed by atoms with Crippen molar-refractivity contribution in [1.29, 1.82) is 0 Å². The van der Waals surface area contributed by atoms with Crippen molar-refractivity contribution in [3.8, 4) is 0 Å². The molecule has 1 unspecified atom stereocenters. The minimum atomic E-state index is -3.73. The van der Waals surface area contributed by atoms with Gasteiger partial charge in [-0.15, -0.1) is 0 Å². The van der Waals surface area contributed by atoms with Crippen molar-refractivity contribution in [3.05, 3.63) is 29.8 Å². The number of hydrogen-bond acceptors (Lipinski definition) is 5. The van der Waals surface area contributed by atoms with Gasteiger partial charge in [0.25, 0.3) is 10.1 Å². The molecule has 1 fully saturated rings. The summed E-state index contributed by atoms with van der Waals surface area (Å²) in [5.74, 6) is -0.0549. The van der Waals surface area contributed by atoms with Gasteiger partial charge >= 0.3 is 0 Å². The van der Waals surface area contributed by atoms with E-state index in [1.807, 2.05) is 20.8 Å². The van der Waals surface area contributed by atoms with Gasteiger partial charge in [-0.05, 0) is 45.2 Å². The summed E-state index contributed by atoms with van der Waals surface area (Å²) < 4.78 is 40.9. The van der Waals surface area contributed by atoms with Crippen molar-refractivity contribution in [1.82, 2.24) is 0 Å². The Bertz CT molecular complexity index is 576. The fourth-order valence-corrected chi connectivity index (χ4v) is 3.30. The molecule has 5 nitrogen and oxygen atoms in total. The summed E-state index contributed by atoms with van der Waals surface area (Å²) in [6, 6.07) is 6.63.